The standard InChI is InChI=1S/C41H61ClN4O5S.C2H6O/c1-6-8-31-23-36(42)13-15-37(31)35-27-46-26-34-11-14-38(34)33(25-45(19-21-47)18-17-44(4)20-22-50-5)10-7-9-29(2)30(3)52(49)43-41(48)32-12-16-40(51-28-35)39(46)24-32;1-3-2/h12-13,15-16,21,23-24,29-30,33-35,38H,6-11,14,17-20,22,25-28H2,1-5H3,(H,43,48);1-2H3. The van der Waals surface area contributed by atoms with Crippen LogP contribution in [0.15, 0.2) is 36.4 Å². The summed E-state index contributed by atoms with van der Waals surface area (Å²) in [5.41, 5.74) is 3.95. The molecule has 0 spiro atoms. The molecule has 1 fully saturated rings. The number of methoxy groups -OCH3 is 2. The van der Waals surface area contributed by atoms with E-state index < -0.39 is 11.0 Å². The highest BCUT2D eigenvalue weighted by atomic mass is 35.5. The zero-order chi connectivity index (χ0) is 39.9. The Hall–Kier alpha value is -2.54. The predicted octanol–water partition coefficient (Wildman–Crippen LogP) is 6.86. The van der Waals surface area contributed by atoms with Crippen LogP contribution in [0.4, 0.5) is 5.69 Å². The summed E-state index contributed by atoms with van der Waals surface area (Å²) in [6, 6.07) is 11.9. The number of aryl methyl sites for hydroxylation is 1. The van der Waals surface area contributed by atoms with Crippen molar-refractivity contribution >= 4 is 40.5 Å². The molecule has 2 bridgehead atoms. The van der Waals surface area contributed by atoms with Crippen LogP contribution in [-0.4, -0.2) is 119 Å². The van der Waals surface area contributed by atoms with Crippen molar-refractivity contribution in [1.82, 2.24) is 14.5 Å². The van der Waals surface area contributed by atoms with Gasteiger partial charge in [0.2, 0.25) is 0 Å². The summed E-state index contributed by atoms with van der Waals surface area (Å²) in [6.45, 7) is 13.1. The molecular formula is C43H67ClN4O6S. The minimum Gasteiger partial charge on any atom is -0.491 e. The molecule has 5 rings (SSSR count). The maximum Gasteiger partial charge on any atom is 0.263 e. The Morgan fingerprint density at radius 3 is 2.51 bits per heavy atom. The number of aldehydes is 1. The fourth-order valence-electron chi connectivity index (χ4n) is 8.38. The molecule has 2 aliphatic heterocycles. The quantitative estimate of drug-likeness (QED) is 0.218. The van der Waals surface area contributed by atoms with Crippen molar-refractivity contribution in [3.05, 3.63) is 58.1 Å². The van der Waals surface area contributed by atoms with Gasteiger partial charge >= 0.3 is 0 Å². The van der Waals surface area contributed by atoms with Crippen LogP contribution in [-0.2, 0) is 31.7 Å². The van der Waals surface area contributed by atoms with E-state index in [-0.39, 0.29) is 23.0 Å². The molecule has 7 atom stereocenters. The summed E-state index contributed by atoms with van der Waals surface area (Å²) in [5.74, 6) is 2.22. The highest BCUT2D eigenvalue weighted by molar-refractivity contribution is 7.84. The summed E-state index contributed by atoms with van der Waals surface area (Å²) in [7, 11) is 5.57. The number of ether oxygens (including phenoxy) is 3. The van der Waals surface area contributed by atoms with Gasteiger partial charge in [-0.1, -0.05) is 44.4 Å². The predicted molar refractivity (Wildman–Crippen MR) is 225 cm³/mol. The van der Waals surface area contributed by atoms with Crippen molar-refractivity contribution in [3.63, 3.8) is 0 Å². The average molecular weight is 804 g/mol. The summed E-state index contributed by atoms with van der Waals surface area (Å²) in [4.78, 5) is 32.5. The van der Waals surface area contributed by atoms with Gasteiger partial charge in [-0.2, -0.15) is 0 Å². The van der Waals surface area contributed by atoms with Gasteiger partial charge in [0.1, 0.15) is 23.0 Å². The molecule has 0 aromatic heterocycles. The maximum atomic E-state index is 13.5. The molecule has 0 saturated heterocycles. The van der Waals surface area contributed by atoms with Crippen LogP contribution in [0.1, 0.15) is 86.7 Å². The largest absolute Gasteiger partial charge is 0.491 e. The molecule has 1 N–H and O–H groups in total. The average Bonchev–Trinajstić information content (AvgIpc) is 3.33. The van der Waals surface area contributed by atoms with Crippen LogP contribution < -0.4 is 14.4 Å². The number of carbonyl (C=O) groups excluding carboxylic acids is 2. The number of hydrogen-bond donors (Lipinski definition) is 1. The Balaban J connectivity index is 0.00000217. The lowest BCUT2D eigenvalue weighted by Crippen LogP contribution is -2.46. The van der Waals surface area contributed by atoms with E-state index in [1.165, 1.54) is 17.5 Å². The molecule has 1 amide bonds. The number of likely N-dealkylation sites (N-methyl/N-ethyl adjacent to an activating group) is 1. The SMILES string of the molecule is CCCc1cc(Cl)ccc1C1COc2ccc3cc2N(C1)CC1CCC1C(CN(CC=O)CCN(C)CCOC)CCCC(C)C(C)S(=O)NC3=O.COC. The van der Waals surface area contributed by atoms with Crippen LogP contribution in [0.25, 0.3) is 0 Å². The number of fused-ring (bicyclic) bond motifs is 2. The van der Waals surface area contributed by atoms with Gasteiger partial charge in [-0.05, 0) is 111 Å². The van der Waals surface area contributed by atoms with Gasteiger partial charge in [0.05, 0.1) is 30.7 Å². The molecule has 7 unspecified atom stereocenters. The molecule has 10 nitrogen and oxygen atoms in total. The zero-order valence-electron chi connectivity index (χ0n) is 34.4. The Morgan fingerprint density at radius 2 is 1.82 bits per heavy atom. The summed E-state index contributed by atoms with van der Waals surface area (Å²) >= 11 is 6.49. The fourth-order valence-corrected chi connectivity index (χ4v) is 9.62. The number of rotatable bonds is 13. The maximum absolute atomic E-state index is 13.5. The number of amides is 1. The van der Waals surface area contributed by atoms with Gasteiger partial charge in [0.25, 0.3) is 5.91 Å². The Morgan fingerprint density at radius 1 is 1.04 bits per heavy atom. The van der Waals surface area contributed by atoms with Crippen molar-refractivity contribution in [2.75, 3.05) is 92.3 Å². The minimum absolute atomic E-state index is 0.122. The van der Waals surface area contributed by atoms with Gasteiger partial charge in [0, 0.05) is 77.1 Å². The van der Waals surface area contributed by atoms with Crippen LogP contribution in [0.3, 0.4) is 0 Å². The van der Waals surface area contributed by atoms with Gasteiger partial charge in [-0.25, -0.2) is 4.21 Å². The van der Waals surface area contributed by atoms with Crippen LogP contribution in [0.5, 0.6) is 5.75 Å². The zero-order valence-corrected chi connectivity index (χ0v) is 36.0. The monoisotopic (exact) mass is 802 g/mol. The molecule has 0 radical (unpaired) electrons. The molecule has 2 heterocycles. The lowest BCUT2D eigenvalue weighted by molar-refractivity contribution is -0.109. The third kappa shape index (κ3) is 13.0. The highest BCUT2D eigenvalue weighted by Gasteiger charge is 2.40. The molecule has 12 heteroatoms. The molecule has 2 aromatic carbocycles. The van der Waals surface area contributed by atoms with Crippen LogP contribution in [0.2, 0.25) is 5.02 Å². The van der Waals surface area contributed by atoms with E-state index in [1.807, 2.05) is 25.1 Å². The normalized spacial score (nSPS) is 25.8. The number of carbonyl (C=O) groups is 2. The molecule has 308 valence electrons. The highest BCUT2D eigenvalue weighted by Crippen LogP contribution is 2.45. The fraction of sp³-hybridized carbons (Fsp3) is 0.674. The van der Waals surface area contributed by atoms with E-state index in [0.29, 0.717) is 43.1 Å². The van der Waals surface area contributed by atoms with Crippen molar-refractivity contribution < 1.29 is 28.0 Å². The minimum atomic E-state index is -1.52. The number of nitrogens with zero attached hydrogens (tertiary/aromatic N) is 3. The second-order valence-electron chi connectivity index (χ2n) is 15.9. The second kappa shape index (κ2) is 23.0. The van der Waals surface area contributed by atoms with Crippen molar-refractivity contribution in [2.45, 2.75) is 76.9 Å². The number of anilines is 1. The van der Waals surface area contributed by atoms with Crippen molar-refractivity contribution in [1.29, 1.82) is 0 Å². The van der Waals surface area contributed by atoms with E-state index in [0.717, 1.165) is 101 Å². The van der Waals surface area contributed by atoms with Gasteiger partial charge in [-0.3, -0.25) is 14.4 Å². The van der Waals surface area contributed by atoms with E-state index in [2.05, 4.69) is 57.2 Å². The molecule has 2 aromatic rings. The van der Waals surface area contributed by atoms with E-state index in [4.69, 9.17) is 21.1 Å². The first-order valence-corrected chi connectivity index (χ1v) is 21.9. The third-order valence-corrected chi connectivity index (χ3v) is 13.7. The van der Waals surface area contributed by atoms with Gasteiger partial charge < -0.3 is 28.8 Å². The van der Waals surface area contributed by atoms with Gasteiger partial charge in [0.15, 0.2) is 0 Å². The number of nitrogens with one attached hydrogen (secondary N) is 1. The number of benzene rings is 2. The Kier molecular flexibility index (Phi) is 18.9. The van der Waals surface area contributed by atoms with E-state index in [1.54, 1.807) is 27.4 Å². The van der Waals surface area contributed by atoms with Crippen LogP contribution >= 0.6 is 11.6 Å². The number of hydrogen-bond acceptors (Lipinski definition) is 9. The first-order valence-electron chi connectivity index (χ1n) is 20.3. The summed E-state index contributed by atoms with van der Waals surface area (Å²) in [5, 5.41) is 0.569. The first kappa shape index (κ1) is 45.2. The molecule has 3 aliphatic rings. The number of halogens is 1. The second-order valence-corrected chi connectivity index (χ2v) is 17.9. The lowest BCUT2D eigenvalue weighted by Gasteiger charge is -2.46. The first-order chi connectivity index (χ1) is 26.5. The third-order valence-electron chi connectivity index (χ3n) is 11.9. The molecular weight excluding hydrogens is 736 g/mol. The topological polar surface area (TPSA) is 101 Å². The van der Waals surface area contributed by atoms with Crippen molar-refractivity contribution in [2.24, 2.45) is 23.7 Å². The van der Waals surface area contributed by atoms with Crippen LogP contribution in [0, 0.1) is 23.7 Å². The lowest BCUT2D eigenvalue weighted by atomic mass is 9.65. The Bertz CT molecular complexity index is 1530. The summed E-state index contributed by atoms with van der Waals surface area (Å²) < 4.78 is 32.4. The van der Waals surface area contributed by atoms with Gasteiger partial charge in [-0.15, -0.1) is 0 Å². The smallest absolute Gasteiger partial charge is 0.263 e. The molecule has 1 aliphatic carbocycles. The van der Waals surface area contributed by atoms with E-state index in [9.17, 15) is 13.8 Å². The molecule has 1 saturated carbocycles. The molecule has 55 heavy (non-hydrogen) atoms. The van der Waals surface area contributed by atoms with E-state index >= 15 is 0 Å². The Labute approximate surface area is 338 Å². The summed E-state index contributed by atoms with van der Waals surface area (Å²) in [6.07, 6.45) is 8.37. The van der Waals surface area contributed by atoms with Crippen molar-refractivity contribution in [3.8, 4) is 5.75 Å².